The van der Waals surface area contributed by atoms with Gasteiger partial charge in [-0.3, -0.25) is 0 Å². The molecule has 1 spiro atoms. The molecule has 0 saturated carbocycles. The number of benzene rings is 2. The number of ether oxygens (including phenoxy) is 6. The minimum atomic E-state index is -1.53. The van der Waals surface area contributed by atoms with Crippen LogP contribution >= 0.6 is 0 Å². The highest BCUT2D eigenvalue weighted by Crippen LogP contribution is 2.47. The van der Waals surface area contributed by atoms with Crippen molar-refractivity contribution in [3.8, 4) is 23.0 Å². The molecule has 3 aliphatic rings. The predicted octanol–water partition coefficient (Wildman–Crippen LogP) is 3.85. The molecule has 3 aliphatic heterocycles. The van der Waals surface area contributed by atoms with E-state index in [4.69, 9.17) is 28.4 Å². The zero-order valence-corrected chi connectivity index (χ0v) is 20.6. The first kappa shape index (κ1) is 24.2. The number of nitrogens with zero attached hydrogens (tertiary/aromatic N) is 1. The average molecular weight is 498 g/mol. The maximum atomic E-state index is 12.4. The number of carbonyl (C=O) groups excluding carboxylic acids is 2. The molecule has 0 radical (unpaired) electrons. The fraction of sp³-hybridized carbons (Fsp3) is 0.481. The molecule has 36 heavy (non-hydrogen) atoms. The molecule has 0 aliphatic carbocycles. The summed E-state index contributed by atoms with van der Waals surface area (Å²) in [5.41, 5.74) is 1.03. The maximum absolute atomic E-state index is 12.4. The van der Waals surface area contributed by atoms with E-state index in [1.807, 2.05) is 29.2 Å². The van der Waals surface area contributed by atoms with Gasteiger partial charge in [-0.25, -0.2) is 14.5 Å². The van der Waals surface area contributed by atoms with Crippen LogP contribution in [0.25, 0.3) is 0 Å². The number of rotatable bonds is 9. The Labute approximate surface area is 210 Å². The van der Waals surface area contributed by atoms with E-state index in [1.165, 1.54) is 0 Å². The van der Waals surface area contributed by atoms with Gasteiger partial charge < -0.3 is 28.4 Å². The lowest BCUT2D eigenvalue weighted by molar-refractivity contribution is -0.298. The van der Waals surface area contributed by atoms with Gasteiger partial charge in [-0.1, -0.05) is 31.9 Å². The van der Waals surface area contributed by atoms with Crippen molar-refractivity contribution in [2.75, 3.05) is 33.6 Å². The standard InChI is InChI=1S/C27H31NO8/c1-3-4-5-13-28-14-12-21(18-6-8-19(31-2)9-7-18)22(27(28)35-25(29)26(30)36-27)16-32-20-10-11-23-24(15-20)34-17-33-23/h6-11,15,21-22H,3-5,12-14,16-17H2,1-2H3. The van der Waals surface area contributed by atoms with E-state index in [2.05, 4.69) is 6.92 Å². The molecule has 2 fully saturated rings. The molecule has 0 amide bonds. The molecule has 0 bridgehead atoms. The maximum Gasteiger partial charge on any atom is 0.421 e. The molecule has 0 N–H and O–H groups in total. The third kappa shape index (κ3) is 4.55. The summed E-state index contributed by atoms with van der Waals surface area (Å²) in [4.78, 5) is 26.8. The van der Waals surface area contributed by atoms with Crippen LogP contribution in [0.4, 0.5) is 0 Å². The van der Waals surface area contributed by atoms with Gasteiger partial charge in [-0.2, -0.15) is 0 Å². The molecule has 9 heteroatoms. The SMILES string of the molecule is CCCCCN1CCC(c2ccc(OC)cc2)C(COc2ccc3c(c2)OCO3)C12OC(=O)C(=O)O2. The highest BCUT2D eigenvalue weighted by atomic mass is 16.8. The topological polar surface area (TPSA) is 92.8 Å². The Morgan fingerprint density at radius 2 is 1.69 bits per heavy atom. The number of esters is 2. The fourth-order valence-corrected chi connectivity index (χ4v) is 5.24. The van der Waals surface area contributed by atoms with Gasteiger partial charge in [0.2, 0.25) is 6.79 Å². The zero-order chi connectivity index (χ0) is 25.1. The molecule has 3 heterocycles. The van der Waals surface area contributed by atoms with Gasteiger partial charge in [0.25, 0.3) is 0 Å². The molecule has 0 aromatic heterocycles. The van der Waals surface area contributed by atoms with Crippen molar-refractivity contribution < 1.29 is 38.0 Å². The van der Waals surface area contributed by atoms with Crippen LogP contribution in [0.1, 0.15) is 44.1 Å². The van der Waals surface area contributed by atoms with Crippen molar-refractivity contribution in [1.82, 2.24) is 4.90 Å². The summed E-state index contributed by atoms with van der Waals surface area (Å²) in [5, 5.41) is 0. The Kier molecular flexibility index (Phi) is 6.91. The van der Waals surface area contributed by atoms with Crippen molar-refractivity contribution in [2.24, 2.45) is 5.92 Å². The highest BCUT2D eigenvalue weighted by molar-refractivity contribution is 6.31. The smallest absolute Gasteiger partial charge is 0.421 e. The van der Waals surface area contributed by atoms with E-state index in [1.54, 1.807) is 25.3 Å². The van der Waals surface area contributed by atoms with Crippen LogP contribution in [0.3, 0.4) is 0 Å². The number of methoxy groups -OCH3 is 1. The predicted molar refractivity (Wildman–Crippen MR) is 128 cm³/mol. The Morgan fingerprint density at radius 1 is 0.972 bits per heavy atom. The van der Waals surface area contributed by atoms with Gasteiger partial charge in [-0.15, -0.1) is 0 Å². The van der Waals surface area contributed by atoms with E-state index in [0.29, 0.717) is 30.3 Å². The van der Waals surface area contributed by atoms with Crippen molar-refractivity contribution in [1.29, 1.82) is 0 Å². The largest absolute Gasteiger partial charge is 0.497 e. The van der Waals surface area contributed by atoms with Crippen LogP contribution in [-0.4, -0.2) is 56.3 Å². The van der Waals surface area contributed by atoms with Crippen LogP contribution in [0.5, 0.6) is 23.0 Å². The average Bonchev–Trinajstić information content (AvgIpc) is 3.48. The monoisotopic (exact) mass is 497 g/mol. The molecular formula is C27H31NO8. The van der Waals surface area contributed by atoms with E-state index in [9.17, 15) is 9.59 Å². The quantitative estimate of drug-likeness (QED) is 0.291. The summed E-state index contributed by atoms with van der Waals surface area (Å²) in [7, 11) is 1.62. The highest BCUT2D eigenvalue weighted by Gasteiger charge is 2.62. The van der Waals surface area contributed by atoms with Gasteiger partial charge in [0.1, 0.15) is 18.1 Å². The second kappa shape index (κ2) is 10.3. The minimum Gasteiger partial charge on any atom is -0.497 e. The van der Waals surface area contributed by atoms with Gasteiger partial charge >= 0.3 is 17.8 Å². The van der Waals surface area contributed by atoms with Gasteiger partial charge in [0.15, 0.2) is 11.5 Å². The van der Waals surface area contributed by atoms with Crippen LogP contribution in [0, 0.1) is 5.92 Å². The van der Waals surface area contributed by atoms with Crippen LogP contribution in [0.15, 0.2) is 42.5 Å². The molecule has 2 atom stereocenters. The van der Waals surface area contributed by atoms with Crippen LogP contribution < -0.4 is 18.9 Å². The summed E-state index contributed by atoms with van der Waals surface area (Å²) in [6.45, 7) is 3.71. The Morgan fingerprint density at radius 3 is 2.42 bits per heavy atom. The van der Waals surface area contributed by atoms with Crippen molar-refractivity contribution in [2.45, 2.75) is 44.4 Å². The third-order valence-corrected chi connectivity index (χ3v) is 7.10. The number of piperidine rings is 1. The first-order valence-corrected chi connectivity index (χ1v) is 12.4. The lowest BCUT2D eigenvalue weighted by atomic mass is 9.77. The number of hydrogen-bond acceptors (Lipinski definition) is 9. The van der Waals surface area contributed by atoms with Gasteiger partial charge in [0, 0.05) is 25.1 Å². The summed E-state index contributed by atoms with van der Waals surface area (Å²) < 4.78 is 34.0. The van der Waals surface area contributed by atoms with Crippen LogP contribution in [0.2, 0.25) is 0 Å². The zero-order valence-electron chi connectivity index (χ0n) is 20.6. The normalized spacial score (nSPS) is 22.4. The summed E-state index contributed by atoms with van der Waals surface area (Å²) in [5.74, 6) is -1.43. The van der Waals surface area contributed by atoms with E-state index in [-0.39, 0.29) is 19.3 Å². The number of likely N-dealkylation sites (tertiary alicyclic amines) is 1. The number of hydrogen-bond donors (Lipinski definition) is 0. The second-order valence-electron chi connectivity index (χ2n) is 9.20. The number of carbonyl (C=O) groups is 2. The first-order valence-electron chi connectivity index (χ1n) is 12.4. The second-order valence-corrected chi connectivity index (χ2v) is 9.20. The number of unbranched alkanes of at least 4 members (excludes halogenated alkanes) is 2. The molecular weight excluding hydrogens is 466 g/mol. The van der Waals surface area contributed by atoms with Gasteiger partial charge in [-0.05, 0) is 42.7 Å². The van der Waals surface area contributed by atoms with Crippen molar-refractivity contribution in [3.63, 3.8) is 0 Å². The van der Waals surface area contributed by atoms with E-state index >= 15 is 0 Å². The Hall–Kier alpha value is -3.46. The van der Waals surface area contributed by atoms with E-state index in [0.717, 1.165) is 37.0 Å². The molecule has 2 unspecified atom stereocenters. The molecule has 5 rings (SSSR count). The van der Waals surface area contributed by atoms with Crippen molar-refractivity contribution in [3.05, 3.63) is 48.0 Å². The molecule has 2 aromatic rings. The van der Waals surface area contributed by atoms with E-state index < -0.39 is 23.8 Å². The summed E-state index contributed by atoms with van der Waals surface area (Å²) in [6, 6.07) is 13.2. The minimum absolute atomic E-state index is 0.0916. The molecule has 2 saturated heterocycles. The molecule has 2 aromatic carbocycles. The fourth-order valence-electron chi connectivity index (χ4n) is 5.24. The lowest BCUT2D eigenvalue weighted by Crippen LogP contribution is -2.62. The van der Waals surface area contributed by atoms with Crippen molar-refractivity contribution >= 4 is 11.9 Å². The van der Waals surface area contributed by atoms with Crippen LogP contribution in [-0.2, 0) is 19.1 Å². The third-order valence-electron chi connectivity index (χ3n) is 7.10. The first-order chi connectivity index (χ1) is 17.5. The Balaban J connectivity index is 1.47. The summed E-state index contributed by atoms with van der Waals surface area (Å²) in [6.07, 6.45) is 3.75. The molecule has 192 valence electrons. The Bertz CT molecular complexity index is 1090. The molecule has 9 nitrogen and oxygen atoms in total. The lowest BCUT2D eigenvalue weighted by Gasteiger charge is -2.49. The number of fused-ring (bicyclic) bond motifs is 1. The van der Waals surface area contributed by atoms with Gasteiger partial charge in [0.05, 0.1) is 13.0 Å². The summed E-state index contributed by atoms with van der Waals surface area (Å²) >= 11 is 0.